The van der Waals surface area contributed by atoms with Crippen LogP contribution in [0, 0.1) is 0 Å². The van der Waals surface area contributed by atoms with Crippen molar-refractivity contribution >= 4 is 33.7 Å². The summed E-state index contributed by atoms with van der Waals surface area (Å²) in [5, 5.41) is 4.93. The van der Waals surface area contributed by atoms with Crippen molar-refractivity contribution in [1.82, 2.24) is 24.5 Å². The van der Waals surface area contributed by atoms with E-state index in [1.165, 1.54) is 0 Å². The third-order valence-corrected chi connectivity index (χ3v) is 13.4. The van der Waals surface area contributed by atoms with Crippen molar-refractivity contribution in [2.45, 2.75) is 115 Å². The summed E-state index contributed by atoms with van der Waals surface area (Å²) in [5.74, 6) is 0.937. The molecule has 2 saturated heterocycles. The highest BCUT2D eigenvalue weighted by Crippen LogP contribution is 2.47. The van der Waals surface area contributed by atoms with Crippen LogP contribution in [0.1, 0.15) is 51.6 Å². The fraction of sp³-hybridized carbons (Fsp3) is 0.550. The first-order valence-electron chi connectivity index (χ1n) is 18.9. The van der Waals surface area contributed by atoms with Crippen molar-refractivity contribution in [1.29, 1.82) is 0 Å². The van der Waals surface area contributed by atoms with Crippen molar-refractivity contribution in [3.8, 4) is 22.4 Å². The van der Waals surface area contributed by atoms with E-state index in [1.807, 2.05) is 60.8 Å². The number of nitrogens with zero attached hydrogens (tertiary/aromatic N) is 6. The quantitative estimate of drug-likeness (QED) is 0.0718. The number of anilines is 1. The lowest BCUT2D eigenvalue weighted by Crippen LogP contribution is -2.40. The number of hydrogen-bond acceptors (Lipinski definition) is 8. The van der Waals surface area contributed by atoms with Gasteiger partial charge in [-0.1, -0.05) is 75.7 Å². The minimum atomic E-state index is -1.28. The van der Waals surface area contributed by atoms with Crippen LogP contribution in [0.15, 0.2) is 60.9 Å². The lowest BCUT2D eigenvalue weighted by Gasteiger charge is -2.29. The van der Waals surface area contributed by atoms with E-state index in [0.717, 1.165) is 70.9 Å². The van der Waals surface area contributed by atoms with Gasteiger partial charge in [0.05, 0.1) is 17.6 Å². The van der Waals surface area contributed by atoms with Gasteiger partial charge < -0.3 is 24.0 Å². The minimum Gasteiger partial charge on any atom is -0.444 e. The lowest BCUT2D eigenvalue weighted by atomic mass is 9.86. The molecule has 0 radical (unpaired) electrons. The van der Waals surface area contributed by atoms with Crippen LogP contribution in [-0.2, 0) is 14.2 Å². The number of benzene rings is 1. The van der Waals surface area contributed by atoms with Gasteiger partial charge in [0.15, 0.2) is 5.65 Å². The number of aromatic nitrogens is 4. The summed E-state index contributed by atoms with van der Waals surface area (Å²) in [6.07, 6.45) is 6.33. The first-order chi connectivity index (χ1) is 24.6. The number of fused-ring (bicyclic) bond motifs is 3. The largest absolute Gasteiger partial charge is 0.444 e. The molecule has 5 heterocycles. The molecule has 2 fully saturated rings. The van der Waals surface area contributed by atoms with Crippen LogP contribution in [0.5, 0.6) is 0 Å². The number of hydrogen-bond donors (Lipinski definition) is 0. The molecule has 3 unspecified atom stereocenters. The molecular formula is C40H58N6O4Si2. The Morgan fingerprint density at radius 3 is 2.15 bits per heavy atom. The fourth-order valence-electron chi connectivity index (χ4n) is 7.10. The normalized spacial score (nSPS) is 19.1. The van der Waals surface area contributed by atoms with E-state index in [-0.39, 0.29) is 24.1 Å². The van der Waals surface area contributed by atoms with Gasteiger partial charge in [0, 0.05) is 76.3 Å². The van der Waals surface area contributed by atoms with E-state index in [9.17, 15) is 4.79 Å². The predicted octanol–water partition coefficient (Wildman–Crippen LogP) is 9.14. The van der Waals surface area contributed by atoms with E-state index in [0.29, 0.717) is 26.7 Å². The van der Waals surface area contributed by atoms with Crippen molar-refractivity contribution in [2.75, 3.05) is 31.6 Å². The van der Waals surface area contributed by atoms with E-state index >= 15 is 0 Å². The maximum atomic E-state index is 13.5. The van der Waals surface area contributed by atoms with Gasteiger partial charge in [0.2, 0.25) is 0 Å². The highest BCUT2D eigenvalue weighted by atomic mass is 28.3. The number of carbonyl (C=O) groups excluding carboxylic acids is 1. The smallest absolute Gasteiger partial charge is 0.410 e. The Morgan fingerprint density at radius 2 is 1.56 bits per heavy atom. The number of ether oxygens (including phenoxy) is 3. The summed E-state index contributed by atoms with van der Waals surface area (Å²) >= 11 is 0. The standard InChI is InChI=1S/C40H58N6O4Si2/c1-40(2,3)50-39(47)45-31-16-18-36(45)32(23-31)35-24-37(44(27-48-19-21-51(4,5)6)28-49-20-22-52(7,8)9)46-38(43-35)33(26-42-46)30-15-17-34(41-25-30)29-13-11-10-12-14-29/h10-15,17,24-26,31-32,36H,16,18-23,27-28H2,1-9H3. The monoisotopic (exact) mass is 742 g/mol. The Hall–Kier alpha value is -3.59. The lowest BCUT2D eigenvalue weighted by molar-refractivity contribution is 0.0212. The molecule has 6 rings (SSSR count). The molecule has 0 spiro atoms. The van der Waals surface area contributed by atoms with E-state index in [2.05, 4.69) is 74.5 Å². The van der Waals surface area contributed by atoms with Crippen molar-refractivity contribution in [2.24, 2.45) is 0 Å². The molecule has 2 bridgehead atoms. The zero-order chi connectivity index (χ0) is 37.3. The topological polar surface area (TPSA) is 94.3 Å². The summed E-state index contributed by atoms with van der Waals surface area (Å²) in [5.41, 5.74) is 4.98. The van der Waals surface area contributed by atoms with Crippen LogP contribution in [0.2, 0.25) is 51.4 Å². The van der Waals surface area contributed by atoms with Crippen molar-refractivity contribution in [3.63, 3.8) is 0 Å². The van der Waals surface area contributed by atoms with E-state index in [1.54, 1.807) is 0 Å². The van der Waals surface area contributed by atoms with Crippen LogP contribution in [0.4, 0.5) is 10.6 Å². The number of carbonyl (C=O) groups is 1. The second kappa shape index (κ2) is 15.4. The van der Waals surface area contributed by atoms with Gasteiger partial charge in [-0.05, 0) is 58.2 Å². The van der Waals surface area contributed by atoms with Crippen LogP contribution in [-0.4, -0.2) is 91.1 Å². The number of pyridine rings is 1. The first kappa shape index (κ1) is 38.1. The number of rotatable bonds is 14. The molecule has 0 saturated carbocycles. The second-order valence-corrected chi connectivity index (χ2v) is 29.1. The average Bonchev–Trinajstić information content (AvgIpc) is 3.79. The SMILES string of the molecule is CC(C)(C)OC(=O)N1C2CCC1C(c1cc(N(COCC[Si](C)(C)C)COCC[Si](C)(C)C)n3ncc(-c4ccc(-c5ccccc5)nc4)c3n1)C2. The summed E-state index contributed by atoms with van der Waals surface area (Å²) in [7, 11) is -2.55. The zero-order valence-electron chi connectivity index (χ0n) is 32.7. The Balaban J connectivity index is 1.39. The zero-order valence-corrected chi connectivity index (χ0v) is 34.7. The molecule has 12 heteroatoms. The maximum Gasteiger partial charge on any atom is 0.410 e. The Labute approximate surface area is 311 Å². The van der Waals surface area contributed by atoms with Crippen LogP contribution in [0.3, 0.4) is 0 Å². The van der Waals surface area contributed by atoms with E-state index < -0.39 is 21.7 Å². The molecule has 1 amide bonds. The molecule has 3 atom stereocenters. The Bertz CT molecular complexity index is 1790. The molecule has 10 nitrogen and oxygen atoms in total. The molecule has 4 aromatic rings. The molecule has 2 aliphatic rings. The first-order valence-corrected chi connectivity index (χ1v) is 26.3. The van der Waals surface area contributed by atoms with Crippen LogP contribution >= 0.6 is 0 Å². The Kier molecular flexibility index (Phi) is 11.3. The molecule has 0 aliphatic carbocycles. The molecule has 0 N–H and O–H groups in total. The van der Waals surface area contributed by atoms with Crippen LogP contribution in [0.25, 0.3) is 28.0 Å². The van der Waals surface area contributed by atoms with E-state index in [4.69, 9.17) is 29.3 Å². The summed E-state index contributed by atoms with van der Waals surface area (Å²) < 4.78 is 20.6. The minimum absolute atomic E-state index is 0.0234. The fourth-order valence-corrected chi connectivity index (χ4v) is 8.61. The van der Waals surface area contributed by atoms with Crippen molar-refractivity contribution in [3.05, 3.63) is 66.6 Å². The van der Waals surface area contributed by atoms with Gasteiger partial charge in [-0.3, -0.25) is 4.98 Å². The van der Waals surface area contributed by atoms with Gasteiger partial charge in [0.1, 0.15) is 24.9 Å². The molecule has 3 aromatic heterocycles. The molecule has 52 heavy (non-hydrogen) atoms. The van der Waals surface area contributed by atoms with Gasteiger partial charge >= 0.3 is 6.09 Å². The Morgan fingerprint density at radius 1 is 0.885 bits per heavy atom. The number of amides is 1. The second-order valence-electron chi connectivity index (χ2n) is 17.9. The average molecular weight is 743 g/mol. The summed E-state index contributed by atoms with van der Waals surface area (Å²) in [6.45, 7) is 22.1. The summed E-state index contributed by atoms with van der Waals surface area (Å²) in [4.78, 5) is 27.8. The van der Waals surface area contributed by atoms with Gasteiger partial charge in [-0.25, -0.2) is 9.78 Å². The van der Waals surface area contributed by atoms with Gasteiger partial charge in [0.25, 0.3) is 0 Å². The van der Waals surface area contributed by atoms with Crippen LogP contribution < -0.4 is 4.90 Å². The summed E-state index contributed by atoms with van der Waals surface area (Å²) in [6, 6.07) is 18.8. The molecule has 1 aromatic carbocycles. The predicted molar refractivity (Wildman–Crippen MR) is 214 cm³/mol. The highest BCUT2D eigenvalue weighted by molar-refractivity contribution is 6.76. The molecule has 280 valence electrons. The maximum absolute atomic E-state index is 13.5. The highest BCUT2D eigenvalue weighted by Gasteiger charge is 2.51. The van der Waals surface area contributed by atoms with Crippen molar-refractivity contribution < 1.29 is 19.0 Å². The molecule has 2 aliphatic heterocycles. The third-order valence-electron chi connectivity index (χ3n) is 9.95. The molecular weight excluding hydrogens is 685 g/mol. The third kappa shape index (κ3) is 9.31. The van der Waals surface area contributed by atoms with Gasteiger partial charge in [-0.15, -0.1) is 0 Å². The van der Waals surface area contributed by atoms with Gasteiger partial charge in [-0.2, -0.15) is 9.61 Å².